The molecule has 2 aromatic rings. The first-order chi connectivity index (χ1) is 10.1. The van der Waals surface area contributed by atoms with Crippen LogP contribution in [0.3, 0.4) is 0 Å². The number of hydrogen-bond donors (Lipinski definition) is 0. The van der Waals surface area contributed by atoms with Crippen molar-refractivity contribution < 1.29 is 4.79 Å². The molecule has 21 heavy (non-hydrogen) atoms. The number of nitrogens with zero attached hydrogens (tertiary/aromatic N) is 1. The fraction of sp³-hybridized carbons (Fsp3) is 0.278. The van der Waals surface area contributed by atoms with Crippen molar-refractivity contribution in [1.29, 1.82) is 0 Å². The Bertz CT molecular complexity index is 580. The van der Waals surface area contributed by atoms with Crippen LogP contribution in [0.25, 0.3) is 0 Å². The topological polar surface area (TPSA) is 20.3 Å². The molecule has 3 heteroatoms. The highest BCUT2D eigenvalue weighted by Crippen LogP contribution is 2.22. The summed E-state index contributed by atoms with van der Waals surface area (Å²) < 4.78 is 0. The Kier molecular flexibility index (Phi) is 5.45. The van der Waals surface area contributed by atoms with E-state index in [4.69, 9.17) is 0 Å². The Morgan fingerprint density at radius 2 is 1.71 bits per heavy atom. The maximum atomic E-state index is 12.3. The fourth-order valence-electron chi connectivity index (χ4n) is 2.05. The largest absolute Gasteiger partial charge is 0.338 e. The van der Waals surface area contributed by atoms with E-state index in [2.05, 4.69) is 50.2 Å². The van der Waals surface area contributed by atoms with Crippen LogP contribution < -0.4 is 0 Å². The van der Waals surface area contributed by atoms with Crippen LogP contribution in [0.15, 0.2) is 59.5 Å². The third-order valence-corrected chi connectivity index (χ3v) is 4.64. The highest BCUT2D eigenvalue weighted by molar-refractivity contribution is 8.00. The summed E-state index contributed by atoms with van der Waals surface area (Å²) >= 11 is 1.59. The van der Waals surface area contributed by atoms with Gasteiger partial charge in [0.1, 0.15) is 0 Å². The lowest BCUT2D eigenvalue weighted by molar-refractivity contribution is -0.128. The summed E-state index contributed by atoms with van der Waals surface area (Å²) in [5.74, 6) is 0.619. The van der Waals surface area contributed by atoms with Crippen molar-refractivity contribution in [3.05, 3.63) is 65.7 Å². The molecule has 2 nitrogen and oxygen atoms in total. The number of hydrogen-bond acceptors (Lipinski definition) is 2. The number of rotatable bonds is 5. The lowest BCUT2D eigenvalue weighted by atomic mass is 10.1. The van der Waals surface area contributed by atoms with Gasteiger partial charge in [0.25, 0.3) is 0 Å². The molecule has 0 aliphatic rings. The fourth-order valence-corrected chi connectivity index (χ4v) is 2.87. The van der Waals surface area contributed by atoms with Crippen LogP contribution in [0, 0.1) is 6.92 Å². The summed E-state index contributed by atoms with van der Waals surface area (Å²) in [5.41, 5.74) is 2.40. The van der Waals surface area contributed by atoms with Gasteiger partial charge in [-0.3, -0.25) is 4.79 Å². The molecule has 1 unspecified atom stereocenters. The minimum atomic E-state index is 0.0947. The molecule has 0 aromatic heterocycles. The van der Waals surface area contributed by atoms with E-state index in [0.717, 1.165) is 10.5 Å². The first kappa shape index (κ1) is 15.6. The molecule has 0 saturated heterocycles. The summed E-state index contributed by atoms with van der Waals surface area (Å²) in [6.07, 6.45) is 0. The normalized spacial score (nSPS) is 12.0. The number of carbonyl (C=O) groups is 1. The van der Waals surface area contributed by atoms with Gasteiger partial charge in [-0.1, -0.05) is 48.0 Å². The van der Waals surface area contributed by atoms with E-state index >= 15 is 0 Å². The Labute approximate surface area is 131 Å². The second-order valence-corrected chi connectivity index (χ2v) is 6.24. The molecule has 0 N–H and O–H groups in total. The molecule has 1 atom stereocenters. The van der Waals surface area contributed by atoms with Gasteiger partial charge in [-0.15, -0.1) is 11.8 Å². The molecule has 0 saturated carbocycles. The van der Waals surface area contributed by atoms with Crippen molar-refractivity contribution in [2.75, 3.05) is 12.8 Å². The zero-order valence-electron chi connectivity index (χ0n) is 12.7. The summed E-state index contributed by atoms with van der Waals surface area (Å²) in [5, 5.41) is 0. The first-order valence-electron chi connectivity index (χ1n) is 7.08. The molecule has 110 valence electrons. The Hall–Kier alpha value is -1.74. The summed E-state index contributed by atoms with van der Waals surface area (Å²) in [6.45, 7) is 4.12. The number of aryl methyl sites for hydroxylation is 1. The molecule has 0 aliphatic carbocycles. The maximum absolute atomic E-state index is 12.3. The standard InChI is InChI=1S/C18H21NOS/c1-14-9-11-17(12-10-14)21-13-18(20)19(3)15(2)16-7-5-4-6-8-16/h4-12,15H,13H2,1-3H3. The molecule has 1 amide bonds. The lowest BCUT2D eigenvalue weighted by Crippen LogP contribution is -2.31. The van der Waals surface area contributed by atoms with E-state index in [1.54, 1.807) is 11.8 Å². The zero-order chi connectivity index (χ0) is 15.2. The van der Waals surface area contributed by atoms with Crippen LogP contribution >= 0.6 is 11.8 Å². The van der Waals surface area contributed by atoms with Crippen LogP contribution in [0.4, 0.5) is 0 Å². The molecule has 2 rings (SSSR count). The molecule has 0 bridgehead atoms. The van der Waals surface area contributed by atoms with Crippen LogP contribution in [0.5, 0.6) is 0 Å². The average Bonchev–Trinajstić information content (AvgIpc) is 2.53. The van der Waals surface area contributed by atoms with E-state index in [0.29, 0.717) is 5.75 Å². The van der Waals surface area contributed by atoms with E-state index in [1.807, 2.05) is 30.1 Å². The third kappa shape index (κ3) is 4.36. The highest BCUT2D eigenvalue weighted by atomic mass is 32.2. The summed E-state index contributed by atoms with van der Waals surface area (Å²) in [4.78, 5) is 15.3. The van der Waals surface area contributed by atoms with E-state index in [9.17, 15) is 4.79 Å². The van der Waals surface area contributed by atoms with Gasteiger partial charge in [-0.2, -0.15) is 0 Å². The first-order valence-corrected chi connectivity index (χ1v) is 8.06. The maximum Gasteiger partial charge on any atom is 0.233 e. The Balaban J connectivity index is 1.92. The molecule has 0 spiro atoms. The third-order valence-electron chi connectivity index (χ3n) is 3.64. The second-order valence-electron chi connectivity index (χ2n) is 5.19. The molecular weight excluding hydrogens is 278 g/mol. The number of amides is 1. The van der Waals surface area contributed by atoms with Gasteiger partial charge in [-0.25, -0.2) is 0 Å². The van der Waals surface area contributed by atoms with Crippen LogP contribution in [0.1, 0.15) is 24.1 Å². The Morgan fingerprint density at radius 1 is 1.10 bits per heavy atom. The second kappa shape index (κ2) is 7.32. The molecule has 2 aromatic carbocycles. The molecular formula is C18H21NOS. The van der Waals surface area contributed by atoms with Crippen molar-refractivity contribution in [3.63, 3.8) is 0 Å². The lowest BCUT2D eigenvalue weighted by Gasteiger charge is -2.25. The van der Waals surface area contributed by atoms with E-state index < -0.39 is 0 Å². The molecule has 0 radical (unpaired) electrons. The number of benzene rings is 2. The van der Waals surface area contributed by atoms with Crippen molar-refractivity contribution >= 4 is 17.7 Å². The predicted octanol–water partition coefficient (Wildman–Crippen LogP) is 4.31. The van der Waals surface area contributed by atoms with Gasteiger partial charge in [0.05, 0.1) is 11.8 Å². The van der Waals surface area contributed by atoms with Gasteiger partial charge >= 0.3 is 0 Å². The number of carbonyl (C=O) groups excluding carboxylic acids is 1. The van der Waals surface area contributed by atoms with Gasteiger partial charge in [0.2, 0.25) is 5.91 Å². The van der Waals surface area contributed by atoms with Crippen molar-refractivity contribution in [1.82, 2.24) is 4.90 Å². The SMILES string of the molecule is Cc1ccc(SCC(=O)N(C)C(C)c2ccccc2)cc1. The Morgan fingerprint density at radius 3 is 2.33 bits per heavy atom. The monoisotopic (exact) mass is 299 g/mol. The highest BCUT2D eigenvalue weighted by Gasteiger charge is 2.17. The minimum Gasteiger partial charge on any atom is -0.338 e. The molecule has 0 heterocycles. The minimum absolute atomic E-state index is 0.0947. The van der Waals surface area contributed by atoms with Crippen molar-refractivity contribution in [2.45, 2.75) is 24.8 Å². The van der Waals surface area contributed by atoms with Gasteiger partial charge < -0.3 is 4.90 Å². The van der Waals surface area contributed by atoms with Crippen LogP contribution in [-0.2, 0) is 4.79 Å². The van der Waals surface area contributed by atoms with Crippen molar-refractivity contribution in [3.8, 4) is 0 Å². The van der Waals surface area contributed by atoms with Crippen molar-refractivity contribution in [2.24, 2.45) is 0 Å². The predicted molar refractivity (Wildman–Crippen MR) is 89.5 cm³/mol. The molecule has 0 aliphatic heterocycles. The van der Waals surface area contributed by atoms with E-state index in [1.165, 1.54) is 5.56 Å². The summed E-state index contributed by atoms with van der Waals surface area (Å²) in [6, 6.07) is 18.5. The molecule has 0 fully saturated rings. The van der Waals surface area contributed by atoms with Gasteiger partial charge in [0, 0.05) is 11.9 Å². The van der Waals surface area contributed by atoms with Gasteiger partial charge in [0.15, 0.2) is 0 Å². The number of thioether (sulfide) groups is 1. The smallest absolute Gasteiger partial charge is 0.233 e. The van der Waals surface area contributed by atoms with Gasteiger partial charge in [-0.05, 0) is 31.5 Å². The quantitative estimate of drug-likeness (QED) is 0.767. The van der Waals surface area contributed by atoms with Crippen LogP contribution in [0.2, 0.25) is 0 Å². The van der Waals surface area contributed by atoms with E-state index in [-0.39, 0.29) is 11.9 Å². The average molecular weight is 299 g/mol. The summed E-state index contributed by atoms with van der Waals surface area (Å²) in [7, 11) is 1.87. The zero-order valence-corrected chi connectivity index (χ0v) is 13.6. The van der Waals surface area contributed by atoms with Crippen LogP contribution in [-0.4, -0.2) is 23.6 Å².